The first-order chi connectivity index (χ1) is 8.04. The molecule has 0 radical (unpaired) electrons. The molecule has 0 aliphatic heterocycles. The quantitative estimate of drug-likeness (QED) is 0.841. The first kappa shape index (κ1) is 13.7. The first-order valence-electron chi connectivity index (χ1n) is 5.41. The number of hydrogen-bond donors (Lipinski definition) is 2. The molecule has 92 valence electrons. The van der Waals surface area contributed by atoms with E-state index in [1.165, 1.54) is 0 Å². The van der Waals surface area contributed by atoms with Crippen molar-refractivity contribution in [2.24, 2.45) is 0 Å². The molecule has 0 spiro atoms. The first-order valence-corrected chi connectivity index (χ1v) is 6.20. The van der Waals surface area contributed by atoms with Crippen LogP contribution in [0.4, 0.5) is 5.69 Å². The van der Waals surface area contributed by atoms with Gasteiger partial charge in [-0.2, -0.15) is 0 Å². The van der Waals surface area contributed by atoms with Gasteiger partial charge in [-0.25, -0.2) is 0 Å². The van der Waals surface area contributed by atoms with Crippen molar-refractivity contribution < 1.29 is 9.59 Å². The second-order valence-electron chi connectivity index (χ2n) is 3.72. The summed E-state index contributed by atoms with van der Waals surface area (Å²) in [7, 11) is 0. The number of para-hydroxylation sites is 1. The van der Waals surface area contributed by atoms with Gasteiger partial charge in [0, 0.05) is 10.5 Å². The molecule has 17 heavy (non-hydrogen) atoms. The molecule has 0 saturated heterocycles. The number of hydrogen-bond acceptors (Lipinski definition) is 2. The van der Waals surface area contributed by atoms with E-state index >= 15 is 0 Å². The molecule has 5 heteroatoms. The Morgan fingerprint density at radius 1 is 1.29 bits per heavy atom. The van der Waals surface area contributed by atoms with Crippen LogP contribution >= 0.6 is 15.9 Å². The summed E-state index contributed by atoms with van der Waals surface area (Å²) in [6.07, 6.45) is 0.786. The van der Waals surface area contributed by atoms with Gasteiger partial charge in [-0.3, -0.25) is 9.59 Å². The molecular formula is C12H15BrN2O2. The zero-order valence-corrected chi connectivity index (χ0v) is 11.4. The Hall–Kier alpha value is -1.36. The van der Waals surface area contributed by atoms with Gasteiger partial charge >= 0.3 is 11.8 Å². The number of anilines is 1. The van der Waals surface area contributed by atoms with Crippen LogP contribution in [-0.2, 0) is 9.59 Å². The molecule has 0 heterocycles. The Morgan fingerprint density at radius 2 is 1.94 bits per heavy atom. The van der Waals surface area contributed by atoms with Crippen molar-refractivity contribution >= 4 is 33.4 Å². The van der Waals surface area contributed by atoms with Crippen molar-refractivity contribution in [1.29, 1.82) is 0 Å². The Labute approximate surface area is 109 Å². The topological polar surface area (TPSA) is 58.2 Å². The predicted octanol–water partition coefficient (Wildman–Crippen LogP) is 2.30. The number of halogens is 1. The fraction of sp³-hybridized carbons (Fsp3) is 0.333. The fourth-order valence-electron chi connectivity index (χ4n) is 1.13. The van der Waals surface area contributed by atoms with Crippen LogP contribution in [0, 0.1) is 0 Å². The highest BCUT2D eigenvalue weighted by Gasteiger charge is 2.16. The van der Waals surface area contributed by atoms with Crippen molar-refractivity contribution in [1.82, 2.24) is 5.32 Å². The van der Waals surface area contributed by atoms with E-state index in [0.717, 1.165) is 10.9 Å². The van der Waals surface area contributed by atoms with E-state index in [1.54, 1.807) is 18.2 Å². The Bertz CT molecular complexity index is 421. The van der Waals surface area contributed by atoms with Crippen molar-refractivity contribution in [2.75, 3.05) is 5.32 Å². The second kappa shape index (κ2) is 6.39. The zero-order chi connectivity index (χ0) is 12.8. The van der Waals surface area contributed by atoms with Gasteiger partial charge in [0.15, 0.2) is 0 Å². The third-order valence-corrected chi connectivity index (χ3v) is 3.01. The smallest absolute Gasteiger partial charge is 0.313 e. The summed E-state index contributed by atoms with van der Waals surface area (Å²) in [5, 5.41) is 5.14. The van der Waals surface area contributed by atoms with E-state index in [2.05, 4.69) is 26.6 Å². The fourth-order valence-corrected chi connectivity index (χ4v) is 1.52. The van der Waals surface area contributed by atoms with Crippen LogP contribution in [-0.4, -0.2) is 17.9 Å². The summed E-state index contributed by atoms with van der Waals surface area (Å²) in [6, 6.07) is 7.12. The largest absolute Gasteiger partial charge is 0.345 e. The second-order valence-corrected chi connectivity index (χ2v) is 4.57. The highest BCUT2D eigenvalue weighted by atomic mass is 79.9. The van der Waals surface area contributed by atoms with E-state index < -0.39 is 11.8 Å². The van der Waals surface area contributed by atoms with Crippen LogP contribution in [0.1, 0.15) is 20.3 Å². The van der Waals surface area contributed by atoms with Gasteiger partial charge in [0.25, 0.3) is 0 Å². The molecule has 0 fully saturated rings. The van der Waals surface area contributed by atoms with Gasteiger partial charge < -0.3 is 10.6 Å². The van der Waals surface area contributed by atoms with E-state index in [-0.39, 0.29) is 6.04 Å². The average molecular weight is 299 g/mol. The van der Waals surface area contributed by atoms with Gasteiger partial charge in [0.05, 0.1) is 5.69 Å². The van der Waals surface area contributed by atoms with Gasteiger partial charge in [0.2, 0.25) is 0 Å². The van der Waals surface area contributed by atoms with Crippen LogP contribution in [0.3, 0.4) is 0 Å². The summed E-state index contributed by atoms with van der Waals surface area (Å²) in [5.74, 6) is -1.27. The normalized spacial score (nSPS) is 11.7. The molecule has 1 aromatic rings. The highest BCUT2D eigenvalue weighted by Crippen LogP contribution is 2.20. The number of benzene rings is 1. The standard InChI is InChI=1S/C12H15BrN2O2/c1-3-8(2)14-11(16)12(17)15-10-7-5-4-6-9(10)13/h4-8H,3H2,1-2H3,(H,14,16)(H,15,17)/t8-/m0/s1. The lowest BCUT2D eigenvalue weighted by Gasteiger charge is -2.11. The van der Waals surface area contributed by atoms with Crippen LogP contribution in [0.5, 0.6) is 0 Å². The molecule has 1 atom stereocenters. The Balaban J connectivity index is 2.61. The summed E-state index contributed by atoms with van der Waals surface area (Å²) in [6.45, 7) is 3.79. The lowest BCUT2D eigenvalue weighted by Crippen LogP contribution is -2.40. The van der Waals surface area contributed by atoms with Crippen LogP contribution in [0.15, 0.2) is 28.7 Å². The van der Waals surface area contributed by atoms with E-state index in [1.807, 2.05) is 19.9 Å². The number of carbonyl (C=O) groups excluding carboxylic acids is 2. The molecule has 0 saturated carbocycles. The molecule has 0 aromatic heterocycles. The molecule has 1 aromatic carbocycles. The van der Waals surface area contributed by atoms with E-state index in [9.17, 15) is 9.59 Å². The molecule has 0 aliphatic carbocycles. The van der Waals surface area contributed by atoms with Gasteiger partial charge in [-0.1, -0.05) is 19.1 Å². The minimum atomic E-state index is -0.655. The minimum absolute atomic E-state index is 0.00698. The molecule has 0 bridgehead atoms. The monoisotopic (exact) mass is 298 g/mol. The maximum Gasteiger partial charge on any atom is 0.313 e. The SMILES string of the molecule is CC[C@H](C)NC(=O)C(=O)Nc1ccccc1Br. The van der Waals surface area contributed by atoms with E-state index in [0.29, 0.717) is 5.69 Å². The minimum Gasteiger partial charge on any atom is -0.345 e. The number of nitrogens with one attached hydrogen (secondary N) is 2. The van der Waals surface area contributed by atoms with Gasteiger partial charge in [0.1, 0.15) is 0 Å². The summed E-state index contributed by atoms with van der Waals surface area (Å²) in [5.41, 5.74) is 0.580. The lowest BCUT2D eigenvalue weighted by molar-refractivity contribution is -0.136. The van der Waals surface area contributed by atoms with Crippen molar-refractivity contribution in [3.05, 3.63) is 28.7 Å². The number of carbonyl (C=O) groups is 2. The predicted molar refractivity (Wildman–Crippen MR) is 70.7 cm³/mol. The van der Waals surface area contributed by atoms with Crippen LogP contribution < -0.4 is 10.6 Å². The summed E-state index contributed by atoms with van der Waals surface area (Å²) < 4.78 is 0.740. The third-order valence-electron chi connectivity index (χ3n) is 2.32. The molecule has 2 amide bonds. The van der Waals surface area contributed by atoms with Crippen LogP contribution in [0.2, 0.25) is 0 Å². The zero-order valence-electron chi connectivity index (χ0n) is 9.79. The molecule has 4 nitrogen and oxygen atoms in total. The number of amides is 2. The Morgan fingerprint density at radius 3 is 2.53 bits per heavy atom. The molecule has 0 unspecified atom stereocenters. The number of rotatable bonds is 3. The lowest BCUT2D eigenvalue weighted by atomic mass is 10.2. The maximum atomic E-state index is 11.6. The van der Waals surface area contributed by atoms with Crippen LogP contribution in [0.25, 0.3) is 0 Å². The molecule has 1 rings (SSSR count). The van der Waals surface area contributed by atoms with Crippen molar-refractivity contribution in [2.45, 2.75) is 26.3 Å². The third kappa shape index (κ3) is 4.19. The average Bonchev–Trinajstić information content (AvgIpc) is 2.31. The van der Waals surface area contributed by atoms with Gasteiger partial charge in [-0.05, 0) is 41.4 Å². The molecule has 0 aliphatic rings. The highest BCUT2D eigenvalue weighted by molar-refractivity contribution is 9.10. The molecular weight excluding hydrogens is 284 g/mol. The summed E-state index contributed by atoms with van der Waals surface area (Å²) in [4.78, 5) is 23.1. The van der Waals surface area contributed by atoms with Crippen molar-refractivity contribution in [3.8, 4) is 0 Å². The maximum absolute atomic E-state index is 11.6. The van der Waals surface area contributed by atoms with Crippen molar-refractivity contribution in [3.63, 3.8) is 0 Å². The Kier molecular flexibility index (Phi) is 5.15. The molecule has 2 N–H and O–H groups in total. The van der Waals surface area contributed by atoms with E-state index in [4.69, 9.17) is 0 Å². The van der Waals surface area contributed by atoms with Gasteiger partial charge in [-0.15, -0.1) is 0 Å². The summed E-state index contributed by atoms with van der Waals surface area (Å²) >= 11 is 3.29.